The lowest BCUT2D eigenvalue weighted by molar-refractivity contribution is -0.137. The van der Waals surface area contributed by atoms with Crippen LogP contribution in [0.4, 0.5) is 13.2 Å². The predicted molar refractivity (Wildman–Crippen MR) is 82.5 cm³/mol. The van der Waals surface area contributed by atoms with E-state index >= 15 is 0 Å². The molecule has 0 aliphatic carbocycles. The number of nitrogens with zero attached hydrogens (tertiary/aromatic N) is 1. The van der Waals surface area contributed by atoms with E-state index in [1.165, 1.54) is 12.1 Å². The van der Waals surface area contributed by atoms with E-state index < -0.39 is 11.7 Å². The molecule has 1 atom stereocenters. The molecular weight excluding hydrogens is 313 g/mol. The summed E-state index contributed by atoms with van der Waals surface area (Å²) in [4.78, 5) is 1.80. The van der Waals surface area contributed by atoms with E-state index in [4.69, 9.17) is 17.0 Å². The summed E-state index contributed by atoms with van der Waals surface area (Å²) in [5.41, 5.74) is 0.134. The molecule has 122 valence electrons. The highest BCUT2D eigenvalue weighted by molar-refractivity contribution is 7.80. The first kappa shape index (κ1) is 17.0. The molecule has 1 N–H and O–H groups in total. The highest BCUT2D eigenvalue weighted by Gasteiger charge is 2.29. The summed E-state index contributed by atoms with van der Waals surface area (Å²) in [6.45, 7) is 1.91. The Bertz CT molecular complexity index is 499. The first-order valence-corrected chi connectivity index (χ1v) is 7.54. The second-order valence-electron chi connectivity index (χ2n) is 5.37. The van der Waals surface area contributed by atoms with Gasteiger partial charge < -0.3 is 15.0 Å². The maximum Gasteiger partial charge on any atom is 0.416 e. The van der Waals surface area contributed by atoms with Gasteiger partial charge in [-0.25, -0.2) is 0 Å². The van der Waals surface area contributed by atoms with Gasteiger partial charge in [0.25, 0.3) is 0 Å². The van der Waals surface area contributed by atoms with Gasteiger partial charge in [-0.15, -0.1) is 0 Å². The number of ether oxygens (including phenoxy) is 1. The number of thiocarbonyl (C=S) groups is 1. The second-order valence-corrected chi connectivity index (χ2v) is 5.76. The Morgan fingerprint density at radius 1 is 1.36 bits per heavy atom. The lowest BCUT2D eigenvalue weighted by Crippen LogP contribution is -2.40. The van der Waals surface area contributed by atoms with Crippen LogP contribution >= 0.6 is 12.2 Å². The summed E-state index contributed by atoms with van der Waals surface area (Å²) in [5.74, 6) is 0. The van der Waals surface area contributed by atoms with Crippen molar-refractivity contribution in [2.45, 2.75) is 31.7 Å². The van der Waals surface area contributed by atoms with Gasteiger partial charge in [0.1, 0.15) is 0 Å². The smallest absolute Gasteiger partial charge is 0.376 e. The van der Waals surface area contributed by atoms with E-state index in [1.54, 1.807) is 4.90 Å². The van der Waals surface area contributed by atoms with Crippen LogP contribution in [0.1, 0.15) is 24.0 Å². The first-order valence-electron chi connectivity index (χ1n) is 7.13. The van der Waals surface area contributed by atoms with Crippen LogP contribution in [0, 0.1) is 0 Å². The van der Waals surface area contributed by atoms with Crippen molar-refractivity contribution >= 4 is 17.3 Å². The minimum absolute atomic E-state index is 0.192. The van der Waals surface area contributed by atoms with Crippen LogP contribution in [0.2, 0.25) is 0 Å². The van der Waals surface area contributed by atoms with Gasteiger partial charge in [-0.05, 0) is 42.8 Å². The Kier molecular flexibility index (Phi) is 5.63. The molecule has 0 saturated carbocycles. The van der Waals surface area contributed by atoms with Crippen molar-refractivity contribution in [3.63, 3.8) is 0 Å². The number of nitrogens with one attached hydrogen (secondary N) is 1. The molecule has 1 aromatic carbocycles. The van der Waals surface area contributed by atoms with Gasteiger partial charge in [-0.2, -0.15) is 13.2 Å². The molecule has 1 fully saturated rings. The number of hydrogen-bond donors (Lipinski definition) is 1. The average molecular weight is 332 g/mol. The van der Waals surface area contributed by atoms with Crippen LogP contribution in [0.3, 0.4) is 0 Å². The Hall–Kier alpha value is -1.34. The minimum Gasteiger partial charge on any atom is -0.376 e. The lowest BCUT2D eigenvalue weighted by Gasteiger charge is -2.22. The fourth-order valence-corrected chi connectivity index (χ4v) is 2.43. The third kappa shape index (κ3) is 4.84. The van der Waals surface area contributed by atoms with E-state index in [-0.39, 0.29) is 6.10 Å². The quantitative estimate of drug-likeness (QED) is 0.856. The molecule has 0 unspecified atom stereocenters. The zero-order valence-electron chi connectivity index (χ0n) is 12.3. The molecule has 0 radical (unpaired) electrons. The van der Waals surface area contributed by atoms with E-state index in [0.717, 1.165) is 37.1 Å². The van der Waals surface area contributed by atoms with Crippen molar-refractivity contribution in [1.82, 2.24) is 10.2 Å². The third-order valence-electron chi connectivity index (χ3n) is 3.55. The molecule has 1 aromatic rings. The Morgan fingerprint density at radius 3 is 2.59 bits per heavy atom. The number of halogens is 3. The van der Waals surface area contributed by atoms with E-state index in [0.29, 0.717) is 18.2 Å². The molecule has 2 rings (SSSR count). The molecule has 0 spiro atoms. The number of benzene rings is 1. The third-order valence-corrected chi connectivity index (χ3v) is 4.01. The molecular formula is C15H19F3N2OS. The fourth-order valence-electron chi connectivity index (χ4n) is 2.29. The monoisotopic (exact) mass is 332 g/mol. The minimum atomic E-state index is -4.30. The lowest BCUT2D eigenvalue weighted by atomic mass is 10.1. The molecule has 0 amide bonds. The van der Waals surface area contributed by atoms with Gasteiger partial charge in [0.05, 0.1) is 11.7 Å². The average Bonchev–Trinajstić information content (AvgIpc) is 2.97. The van der Waals surface area contributed by atoms with Crippen molar-refractivity contribution in [1.29, 1.82) is 0 Å². The van der Waals surface area contributed by atoms with Crippen molar-refractivity contribution < 1.29 is 17.9 Å². The molecule has 1 heterocycles. The Balaban J connectivity index is 1.82. The van der Waals surface area contributed by atoms with Crippen LogP contribution < -0.4 is 5.32 Å². The predicted octanol–water partition coefficient (Wildman–Crippen LogP) is 3.19. The Morgan fingerprint density at radius 2 is 2.05 bits per heavy atom. The normalized spacial score (nSPS) is 18.3. The molecule has 1 aliphatic heterocycles. The van der Waals surface area contributed by atoms with Crippen molar-refractivity contribution in [3.05, 3.63) is 35.4 Å². The van der Waals surface area contributed by atoms with Gasteiger partial charge in [-0.1, -0.05) is 12.1 Å². The summed E-state index contributed by atoms with van der Waals surface area (Å²) in [6.07, 6.45) is -2.01. The van der Waals surface area contributed by atoms with Crippen molar-refractivity contribution in [2.75, 3.05) is 20.2 Å². The Labute approximate surface area is 133 Å². The zero-order chi connectivity index (χ0) is 16.2. The largest absolute Gasteiger partial charge is 0.416 e. The number of rotatable bonds is 4. The highest BCUT2D eigenvalue weighted by atomic mass is 32.1. The summed E-state index contributed by atoms with van der Waals surface area (Å²) < 4.78 is 43.0. The summed E-state index contributed by atoms with van der Waals surface area (Å²) >= 11 is 5.27. The molecule has 22 heavy (non-hydrogen) atoms. The summed E-state index contributed by atoms with van der Waals surface area (Å²) in [5, 5.41) is 3.70. The molecule has 0 aromatic heterocycles. The van der Waals surface area contributed by atoms with Crippen LogP contribution in [-0.4, -0.2) is 36.3 Å². The molecule has 7 heteroatoms. The SMILES string of the molecule is CN(Cc1ccc(C(F)(F)F)cc1)C(=S)NC[C@@H]1CCCO1. The van der Waals surface area contributed by atoms with Crippen LogP contribution in [-0.2, 0) is 17.5 Å². The maximum atomic E-state index is 12.5. The van der Waals surface area contributed by atoms with Crippen molar-refractivity contribution in [3.8, 4) is 0 Å². The maximum absolute atomic E-state index is 12.5. The van der Waals surface area contributed by atoms with Gasteiger partial charge in [-0.3, -0.25) is 0 Å². The van der Waals surface area contributed by atoms with Crippen molar-refractivity contribution in [2.24, 2.45) is 0 Å². The fraction of sp³-hybridized carbons (Fsp3) is 0.533. The van der Waals surface area contributed by atoms with Gasteiger partial charge >= 0.3 is 6.18 Å². The summed E-state index contributed by atoms with van der Waals surface area (Å²) in [6, 6.07) is 5.13. The summed E-state index contributed by atoms with van der Waals surface area (Å²) in [7, 11) is 1.81. The van der Waals surface area contributed by atoms with E-state index in [2.05, 4.69) is 5.32 Å². The second kappa shape index (κ2) is 7.28. The standard InChI is InChI=1S/C15H19F3N2OS/c1-20(14(22)19-9-13-3-2-8-21-13)10-11-4-6-12(7-5-11)15(16,17)18/h4-7,13H,2-3,8-10H2,1H3,(H,19,22)/t13-/m0/s1. The van der Waals surface area contributed by atoms with E-state index in [9.17, 15) is 13.2 Å². The first-order chi connectivity index (χ1) is 10.4. The molecule has 3 nitrogen and oxygen atoms in total. The zero-order valence-corrected chi connectivity index (χ0v) is 13.1. The molecule has 1 saturated heterocycles. The van der Waals surface area contributed by atoms with Gasteiger partial charge in [0.15, 0.2) is 5.11 Å². The topological polar surface area (TPSA) is 24.5 Å². The molecule has 1 aliphatic rings. The molecule has 0 bridgehead atoms. The van der Waals surface area contributed by atoms with Gasteiger partial charge in [0, 0.05) is 26.7 Å². The number of hydrogen-bond acceptors (Lipinski definition) is 2. The highest BCUT2D eigenvalue weighted by Crippen LogP contribution is 2.29. The van der Waals surface area contributed by atoms with Crippen LogP contribution in [0.5, 0.6) is 0 Å². The van der Waals surface area contributed by atoms with E-state index in [1.807, 2.05) is 7.05 Å². The van der Waals surface area contributed by atoms with Crippen LogP contribution in [0.25, 0.3) is 0 Å². The van der Waals surface area contributed by atoms with Crippen LogP contribution in [0.15, 0.2) is 24.3 Å². The number of alkyl halides is 3. The van der Waals surface area contributed by atoms with Gasteiger partial charge in [0.2, 0.25) is 0 Å².